The zero-order chi connectivity index (χ0) is 46.2. The van der Waals surface area contributed by atoms with Crippen molar-refractivity contribution in [2.45, 2.75) is 219 Å². The molecule has 0 amide bonds. The highest BCUT2D eigenvalue weighted by Gasteiger charge is 2.27. The maximum Gasteiger partial charge on any atom is 0.472 e. The average Bonchev–Trinajstić information content (AvgIpc) is 3.27. The van der Waals surface area contributed by atoms with Gasteiger partial charge in [0.2, 0.25) is 0 Å². The summed E-state index contributed by atoms with van der Waals surface area (Å²) < 4.78 is 32.7. The molecule has 3 atom stereocenters. The van der Waals surface area contributed by atoms with Gasteiger partial charge in [-0.2, -0.15) is 0 Å². The highest BCUT2D eigenvalue weighted by atomic mass is 31.2. The van der Waals surface area contributed by atoms with Crippen LogP contribution in [-0.4, -0.2) is 65.7 Å². The number of unbranched alkanes of at least 4 members (excludes halogenated alkanes) is 20. The molecule has 0 aromatic heterocycles. The van der Waals surface area contributed by atoms with Crippen molar-refractivity contribution in [1.29, 1.82) is 0 Å². The standard InChI is InChI=1S/C52H91O10P/c1-3-5-7-9-11-13-15-17-19-21-22-23-24-25-26-28-30-32-34-36-38-40-42-44-52(56)62-50(48-61-63(57,58)60-46-49(54)45-53)47-59-51(55)43-41-39-37-35-33-31-29-27-20-18-16-14-12-10-8-6-4-2/h12,14,18,20,28-31,35-38,49-50,53-54H,3-11,13,15-17,19,21-27,32-34,39-48H2,1-2H3,(H,57,58)/b14-12+,20-18+,30-28+,31-29+,37-35+,38-36+/t49-,50+/m0/s1. The molecule has 0 heterocycles. The number of carbonyl (C=O) groups excluding carboxylic acids is 2. The number of allylic oxidation sites excluding steroid dienone is 12. The van der Waals surface area contributed by atoms with E-state index in [-0.39, 0.29) is 19.4 Å². The second-order valence-electron chi connectivity index (χ2n) is 16.5. The summed E-state index contributed by atoms with van der Waals surface area (Å²) in [5, 5.41) is 18.4. The molecule has 0 aromatic rings. The predicted molar refractivity (Wildman–Crippen MR) is 260 cm³/mol. The van der Waals surface area contributed by atoms with Crippen LogP contribution in [0.25, 0.3) is 0 Å². The number of phosphoric ester groups is 1. The van der Waals surface area contributed by atoms with Gasteiger partial charge < -0.3 is 24.6 Å². The van der Waals surface area contributed by atoms with Crippen LogP contribution in [0.1, 0.15) is 206 Å². The van der Waals surface area contributed by atoms with Crippen LogP contribution in [0.2, 0.25) is 0 Å². The van der Waals surface area contributed by atoms with Crippen LogP contribution < -0.4 is 0 Å². The van der Waals surface area contributed by atoms with E-state index < -0.39 is 51.8 Å². The highest BCUT2D eigenvalue weighted by molar-refractivity contribution is 7.47. The molecular formula is C52H91O10P. The Kier molecular flexibility index (Phi) is 45.4. The molecular weight excluding hydrogens is 816 g/mol. The van der Waals surface area contributed by atoms with Crippen LogP contribution in [0, 0.1) is 0 Å². The topological polar surface area (TPSA) is 149 Å². The van der Waals surface area contributed by atoms with Crippen molar-refractivity contribution >= 4 is 19.8 Å². The number of carbonyl (C=O) groups is 2. The molecule has 10 nitrogen and oxygen atoms in total. The van der Waals surface area contributed by atoms with Gasteiger partial charge in [0.1, 0.15) is 12.7 Å². The minimum absolute atomic E-state index is 0.110. The first kappa shape index (κ1) is 60.4. The molecule has 364 valence electrons. The summed E-state index contributed by atoms with van der Waals surface area (Å²) in [7, 11) is -4.65. The number of phosphoric acid groups is 1. The van der Waals surface area contributed by atoms with Crippen LogP contribution in [0.5, 0.6) is 0 Å². The SMILES string of the molecule is CCCCC/C=C/C/C=C/C/C=C/C/C=C/CCCC(=O)OC[C@H](COP(=O)(O)OC[C@@H](O)CO)OC(=O)CCC/C=C/CC/C=C/CCCCCCCCCCCCCCCC. The van der Waals surface area contributed by atoms with E-state index in [0.29, 0.717) is 25.7 Å². The van der Waals surface area contributed by atoms with Gasteiger partial charge >= 0.3 is 19.8 Å². The summed E-state index contributed by atoms with van der Waals surface area (Å²) >= 11 is 0. The minimum Gasteiger partial charge on any atom is -0.462 e. The Morgan fingerprint density at radius 3 is 1.33 bits per heavy atom. The van der Waals surface area contributed by atoms with Crippen LogP contribution in [0.4, 0.5) is 0 Å². The zero-order valence-corrected chi connectivity index (χ0v) is 40.7. The normalized spacial score (nSPS) is 14.3. The number of aliphatic hydroxyl groups is 2. The van der Waals surface area contributed by atoms with Crippen molar-refractivity contribution in [3.05, 3.63) is 72.9 Å². The molecule has 0 aromatic carbocycles. The van der Waals surface area contributed by atoms with Crippen molar-refractivity contribution in [3.63, 3.8) is 0 Å². The van der Waals surface area contributed by atoms with Gasteiger partial charge in [-0.1, -0.05) is 183 Å². The van der Waals surface area contributed by atoms with Gasteiger partial charge in [0.15, 0.2) is 6.10 Å². The second-order valence-corrected chi connectivity index (χ2v) is 17.9. The number of rotatable bonds is 46. The van der Waals surface area contributed by atoms with E-state index in [4.69, 9.17) is 23.6 Å². The Hall–Kier alpha value is -2.59. The molecule has 0 radical (unpaired) electrons. The second kappa shape index (κ2) is 47.4. The van der Waals surface area contributed by atoms with Gasteiger partial charge in [0.05, 0.1) is 19.8 Å². The molecule has 0 saturated heterocycles. The van der Waals surface area contributed by atoms with Gasteiger partial charge in [0.25, 0.3) is 0 Å². The van der Waals surface area contributed by atoms with Gasteiger partial charge in [-0.15, -0.1) is 0 Å². The molecule has 0 saturated carbocycles. The van der Waals surface area contributed by atoms with Crippen LogP contribution in [0.3, 0.4) is 0 Å². The predicted octanol–water partition coefficient (Wildman–Crippen LogP) is 14.0. The van der Waals surface area contributed by atoms with Crippen molar-refractivity contribution in [3.8, 4) is 0 Å². The monoisotopic (exact) mass is 907 g/mol. The molecule has 0 aliphatic carbocycles. The molecule has 63 heavy (non-hydrogen) atoms. The lowest BCUT2D eigenvalue weighted by atomic mass is 10.0. The molecule has 0 aliphatic rings. The summed E-state index contributed by atoms with van der Waals surface area (Å²) in [5.74, 6) is -1.04. The Morgan fingerprint density at radius 2 is 0.841 bits per heavy atom. The van der Waals surface area contributed by atoms with E-state index in [9.17, 15) is 24.2 Å². The molecule has 0 fully saturated rings. The fourth-order valence-electron chi connectivity index (χ4n) is 6.48. The molecule has 0 spiro atoms. The fourth-order valence-corrected chi connectivity index (χ4v) is 7.27. The summed E-state index contributed by atoms with van der Waals surface area (Å²) in [6.45, 7) is 2.26. The molecule has 0 bridgehead atoms. The van der Waals surface area contributed by atoms with Crippen molar-refractivity contribution in [2.24, 2.45) is 0 Å². The lowest BCUT2D eigenvalue weighted by Crippen LogP contribution is -2.29. The van der Waals surface area contributed by atoms with Crippen LogP contribution >= 0.6 is 7.82 Å². The first-order valence-corrected chi connectivity index (χ1v) is 26.4. The third-order valence-electron chi connectivity index (χ3n) is 10.3. The van der Waals surface area contributed by atoms with E-state index in [1.54, 1.807) is 0 Å². The lowest BCUT2D eigenvalue weighted by Gasteiger charge is -2.20. The number of aliphatic hydroxyl groups excluding tert-OH is 2. The summed E-state index contributed by atoms with van der Waals surface area (Å²) in [6, 6.07) is 0. The Morgan fingerprint density at radius 1 is 0.476 bits per heavy atom. The summed E-state index contributed by atoms with van der Waals surface area (Å²) in [6.07, 6.45) is 56.1. The summed E-state index contributed by atoms with van der Waals surface area (Å²) in [4.78, 5) is 35.1. The van der Waals surface area contributed by atoms with Crippen molar-refractivity contribution in [1.82, 2.24) is 0 Å². The number of ether oxygens (including phenoxy) is 2. The molecule has 1 unspecified atom stereocenters. The van der Waals surface area contributed by atoms with Crippen LogP contribution in [-0.2, 0) is 32.7 Å². The maximum atomic E-state index is 12.6. The van der Waals surface area contributed by atoms with E-state index in [2.05, 4.69) is 80.7 Å². The number of hydrogen-bond donors (Lipinski definition) is 3. The third kappa shape index (κ3) is 47.2. The number of esters is 2. The maximum absolute atomic E-state index is 12.6. The Bertz CT molecular complexity index is 1270. The van der Waals surface area contributed by atoms with Crippen molar-refractivity contribution < 1.29 is 47.8 Å². The van der Waals surface area contributed by atoms with E-state index in [1.807, 2.05) is 6.08 Å². The zero-order valence-electron chi connectivity index (χ0n) is 39.8. The fraction of sp³-hybridized carbons (Fsp3) is 0.731. The van der Waals surface area contributed by atoms with E-state index >= 15 is 0 Å². The summed E-state index contributed by atoms with van der Waals surface area (Å²) in [5.41, 5.74) is 0. The quantitative estimate of drug-likeness (QED) is 0.0233. The van der Waals surface area contributed by atoms with Crippen LogP contribution in [0.15, 0.2) is 72.9 Å². The highest BCUT2D eigenvalue weighted by Crippen LogP contribution is 2.43. The molecule has 3 N–H and O–H groups in total. The van der Waals surface area contributed by atoms with Gasteiger partial charge in [0, 0.05) is 12.8 Å². The van der Waals surface area contributed by atoms with Gasteiger partial charge in [-0.3, -0.25) is 18.6 Å². The minimum atomic E-state index is -4.65. The van der Waals surface area contributed by atoms with Crippen molar-refractivity contribution in [2.75, 3.05) is 26.4 Å². The average molecular weight is 907 g/mol. The smallest absolute Gasteiger partial charge is 0.462 e. The first-order valence-electron chi connectivity index (χ1n) is 24.9. The first-order chi connectivity index (χ1) is 30.7. The van der Waals surface area contributed by atoms with Gasteiger partial charge in [-0.25, -0.2) is 4.57 Å². The molecule has 11 heteroatoms. The van der Waals surface area contributed by atoms with E-state index in [1.165, 1.54) is 109 Å². The Labute approximate surface area is 384 Å². The van der Waals surface area contributed by atoms with E-state index in [0.717, 1.165) is 44.9 Å². The molecule has 0 aliphatic heterocycles. The Balaban J connectivity index is 4.33. The largest absolute Gasteiger partial charge is 0.472 e. The lowest BCUT2D eigenvalue weighted by molar-refractivity contribution is -0.161. The number of hydrogen-bond acceptors (Lipinski definition) is 9. The third-order valence-corrected chi connectivity index (χ3v) is 11.3. The molecule has 0 rings (SSSR count). The van der Waals surface area contributed by atoms with Gasteiger partial charge in [-0.05, 0) is 83.5 Å².